The summed E-state index contributed by atoms with van der Waals surface area (Å²) >= 11 is 5.86. The van der Waals surface area contributed by atoms with Gasteiger partial charge in [-0.2, -0.15) is 0 Å². The van der Waals surface area contributed by atoms with Gasteiger partial charge in [-0.1, -0.05) is 17.7 Å². The molecule has 1 atom stereocenters. The molecule has 1 heterocycles. The predicted molar refractivity (Wildman–Crippen MR) is 97.7 cm³/mol. The van der Waals surface area contributed by atoms with Crippen LogP contribution >= 0.6 is 11.6 Å². The van der Waals surface area contributed by atoms with Gasteiger partial charge in [0.15, 0.2) is 12.7 Å². The molecule has 0 aliphatic heterocycles. The van der Waals surface area contributed by atoms with Crippen molar-refractivity contribution in [1.82, 2.24) is 10.2 Å². The number of ether oxygens (including phenoxy) is 3. The molecule has 0 unspecified atom stereocenters. The first-order valence-corrected chi connectivity index (χ1v) is 8.48. The zero-order chi connectivity index (χ0) is 19.2. The number of carbonyl (C=O) groups is 1. The lowest BCUT2D eigenvalue weighted by Gasteiger charge is -2.10. The Morgan fingerprint density at radius 3 is 2.63 bits per heavy atom. The molecule has 0 aliphatic rings. The third-order valence-electron chi connectivity index (χ3n) is 3.59. The highest BCUT2D eigenvalue weighted by atomic mass is 35.5. The van der Waals surface area contributed by atoms with Crippen LogP contribution in [0.2, 0.25) is 5.02 Å². The average Bonchev–Trinajstić information content (AvgIpc) is 3.17. The van der Waals surface area contributed by atoms with Crippen molar-refractivity contribution in [2.45, 2.75) is 13.0 Å². The third kappa shape index (κ3) is 4.98. The van der Waals surface area contributed by atoms with Crippen molar-refractivity contribution in [2.24, 2.45) is 0 Å². The highest BCUT2D eigenvalue weighted by molar-refractivity contribution is 6.30. The number of halogens is 1. The van der Waals surface area contributed by atoms with Gasteiger partial charge in [0.25, 0.3) is 5.89 Å². The Hall–Kier alpha value is -3.06. The van der Waals surface area contributed by atoms with Crippen LogP contribution in [-0.2, 0) is 9.53 Å². The fraction of sp³-hybridized carbons (Fsp3) is 0.211. The molecule has 0 saturated carbocycles. The van der Waals surface area contributed by atoms with Gasteiger partial charge in [0.05, 0.1) is 7.11 Å². The molecule has 140 valence electrons. The smallest absolute Gasteiger partial charge is 0.344 e. The van der Waals surface area contributed by atoms with Crippen molar-refractivity contribution in [2.75, 3.05) is 13.7 Å². The molecular weight excluding hydrogens is 372 g/mol. The Morgan fingerprint density at radius 2 is 1.93 bits per heavy atom. The fourth-order valence-electron chi connectivity index (χ4n) is 2.23. The Kier molecular flexibility index (Phi) is 5.93. The van der Waals surface area contributed by atoms with Gasteiger partial charge in [-0.3, -0.25) is 0 Å². The predicted octanol–water partition coefficient (Wildman–Crippen LogP) is 4.08. The molecule has 3 rings (SSSR count). The number of benzene rings is 2. The van der Waals surface area contributed by atoms with Crippen molar-refractivity contribution in [3.8, 4) is 23.0 Å². The largest absolute Gasteiger partial charge is 0.497 e. The van der Waals surface area contributed by atoms with E-state index in [1.807, 2.05) is 0 Å². The summed E-state index contributed by atoms with van der Waals surface area (Å²) in [6, 6.07) is 13.9. The van der Waals surface area contributed by atoms with Gasteiger partial charge in [-0.25, -0.2) is 4.79 Å². The van der Waals surface area contributed by atoms with Crippen molar-refractivity contribution >= 4 is 17.6 Å². The zero-order valence-electron chi connectivity index (χ0n) is 14.7. The molecule has 0 fully saturated rings. The van der Waals surface area contributed by atoms with Crippen LogP contribution in [0.4, 0.5) is 0 Å². The van der Waals surface area contributed by atoms with Crippen LogP contribution in [0.25, 0.3) is 11.5 Å². The van der Waals surface area contributed by atoms with Crippen LogP contribution < -0.4 is 9.47 Å². The second kappa shape index (κ2) is 8.55. The fourth-order valence-corrected chi connectivity index (χ4v) is 2.41. The van der Waals surface area contributed by atoms with Gasteiger partial charge in [0.1, 0.15) is 11.5 Å². The minimum absolute atomic E-state index is 0.192. The average molecular weight is 389 g/mol. The van der Waals surface area contributed by atoms with Crippen LogP contribution in [0, 0.1) is 0 Å². The topological polar surface area (TPSA) is 83.7 Å². The van der Waals surface area contributed by atoms with Gasteiger partial charge in [0, 0.05) is 10.6 Å². The molecule has 0 saturated heterocycles. The van der Waals surface area contributed by atoms with E-state index in [1.165, 1.54) is 0 Å². The highest BCUT2D eigenvalue weighted by Gasteiger charge is 2.19. The molecule has 0 N–H and O–H groups in total. The van der Waals surface area contributed by atoms with E-state index in [9.17, 15) is 4.79 Å². The van der Waals surface area contributed by atoms with Crippen molar-refractivity contribution in [3.63, 3.8) is 0 Å². The maximum atomic E-state index is 11.9. The first kappa shape index (κ1) is 18.7. The maximum Gasteiger partial charge on any atom is 0.344 e. The van der Waals surface area contributed by atoms with E-state index >= 15 is 0 Å². The van der Waals surface area contributed by atoms with Crippen molar-refractivity contribution in [3.05, 3.63) is 59.4 Å². The molecule has 1 aromatic heterocycles. The van der Waals surface area contributed by atoms with Gasteiger partial charge in [-0.15, -0.1) is 10.2 Å². The van der Waals surface area contributed by atoms with Crippen LogP contribution in [0.5, 0.6) is 11.5 Å². The molecule has 0 radical (unpaired) electrons. The number of nitrogens with zero attached hydrogens (tertiary/aromatic N) is 2. The molecule has 27 heavy (non-hydrogen) atoms. The highest BCUT2D eigenvalue weighted by Crippen LogP contribution is 2.24. The lowest BCUT2D eigenvalue weighted by Crippen LogP contribution is -2.17. The summed E-state index contributed by atoms with van der Waals surface area (Å²) in [7, 11) is 1.59. The standard InChI is InChI=1S/C19H17ClN2O5/c1-12(26-17(23)11-25-16-5-3-4-14(20)10-16)18-21-22-19(27-18)13-6-8-15(24-2)9-7-13/h3-10,12H,11H2,1-2H3/t12-/m1/s1. The second-order valence-corrected chi connectivity index (χ2v) is 5.99. The normalized spacial score (nSPS) is 11.7. The molecule has 0 bridgehead atoms. The summed E-state index contributed by atoms with van der Waals surface area (Å²) in [4.78, 5) is 11.9. The molecule has 0 amide bonds. The van der Waals surface area contributed by atoms with E-state index in [4.69, 9.17) is 30.2 Å². The van der Waals surface area contributed by atoms with E-state index in [1.54, 1.807) is 62.6 Å². The van der Waals surface area contributed by atoms with E-state index in [2.05, 4.69) is 10.2 Å². The van der Waals surface area contributed by atoms with Crippen LogP contribution in [0.15, 0.2) is 52.9 Å². The SMILES string of the molecule is COc1ccc(-c2nnc([C@@H](C)OC(=O)COc3cccc(Cl)c3)o2)cc1. The summed E-state index contributed by atoms with van der Waals surface area (Å²) in [6.45, 7) is 1.38. The maximum absolute atomic E-state index is 11.9. The molecule has 8 heteroatoms. The lowest BCUT2D eigenvalue weighted by atomic mass is 10.2. The summed E-state index contributed by atoms with van der Waals surface area (Å²) in [5.41, 5.74) is 0.734. The van der Waals surface area contributed by atoms with Gasteiger partial charge >= 0.3 is 5.97 Å². The van der Waals surface area contributed by atoms with Crippen molar-refractivity contribution < 1.29 is 23.4 Å². The molecule has 7 nitrogen and oxygen atoms in total. The summed E-state index contributed by atoms with van der Waals surface area (Å²) in [6.07, 6.45) is -0.708. The Balaban J connectivity index is 1.56. The summed E-state index contributed by atoms with van der Waals surface area (Å²) in [5.74, 6) is 1.15. The quantitative estimate of drug-likeness (QED) is 0.564. The lowest BCUT2D eigenvalue weighted by molar-refractivity contribution is -0.152. The third-order valence-corrected chi connectivity index (χ3v) is 3.82. The molecule has 2 aromatic carbocycles. The molecule has 3 aromatic rings. The van der Waals surface area contributed by atoms with Crippen LogP contribution in [0.1, 0.15) is 18.9 Å². The number of methoxy groups -OCH3 is 1. The number of aromatic nitrogens is 2. The monoisotopic (exact) mass is 388 g/mol. The van der Waals surface area contributed by atoms with Crippen molar-refractivity contribution in [1.29, 1.82) is 0 Å². The number of rotatable bonds is 7. The molecular formula is C19H17ClN2O5. The first-order chi connectivity index (χ1) is 13.0. The Labute approximate surface area is 160 Å². The second-order valence-electron chi connectivity index (χ2n) is 5.55. The van der Waals surface area contributed by atoms with Gasteiger partial charge in [0.2, 0.25) is 5.89 Å². The van der Waals surface area contributed by atoms with Crippen LogP contribution in [-0.4, -0.2) is 29.9 Å². The van der Waals surface area contributed by atoms with E-state index in [0.29, 0.717) is 16.7 Å². The minimum atomic E-state index is -0.708. The van der Waals surface area contributed by atoms with Gasteiger partial charge < -0.3 is 18.6 Å². The summed E-state index contributed by atoms with van der Waals surface area (Å²) in [5, 5.41) is 8.43. The van der Waals surface area contributed by atoms with Crippen LogP contribution in [0.3, 0.4) is 0 Å². The number of hydrogen-bond acceptors (Lipinski definition) is 7. The molecule has 0 spiro atoms. The minimum Gasteiger partial charge on any atom is -0.497 e. The summed E-state index contributed by atoms with van der Waals surface area (Å²) < 4.78 is 21.3. The van der Waals surface area contributed by atoms with E-state index < -0.39 is 12.1 Å². The van der Waals surface area contributed by atoms with Gasteiger partial charge in [-0.05, 0) is 49.4 Å². The van der Waals surface area contributed by atoms with E-state index in [-0.39, 0.29) is 12.5 Å². The Morgan fingerprint density at radius 1 is 1.15 bits per heavy atom. The Bertz CT molecular complexity index is 910. The first-order valence-electron chi connectivity index (χ1n) is 8.11. The molecule has 0 aliphatic carbocycles. The number of esters is 1. The number of carbonyl (C=O) groups excluding carboxylic acids is 1. The van der Waals surface area contributed by atoms with E-state index in [0.717, 1.165) is 11.3 Å². The zero-order valence-corrected chi connectivity index (χ0v) is 15.5. The number of hydrogen-bond donors (Lipinski definition) is 0.